The Morgan fingerprint density at radius 1 is 0.477 bits per heavy atom. The molecule has 4 N–H and O–H groups in total. The molecule has 1 aliphatic carbocycles. The third-order valence-electron chi connectivity index (χ3n) is 15.2. The number of carbonyl (C=O) groups is 8. The van der Waals surface area contributed by atoms with Crippen LogP contribution in [0.1, 0.15) is 265 Å². The summed E-state index contributed by atoms with van der Waals surface area (Å²) in [5, 5.41) is 10.2. The molecular formula is C70H112N4O13S. The SMILES string of the molecule is CCCCCCCCCCCCCCCC(=O)OC[C@H](CSC[C@H](NC(=O)OCC1c2ccccc2-c2ccccc21)C(=O)NCC(=O)NCC(=O)N[C@@H](CCC(=O)OC(C)(C)C)C(=O)OC(C)(C)C)OC(=O)CCCCCCCCCCCCCCC. The first-order valence-corrected chi connectivity index (χ1v) is 34.7. The number of esters is 4. The monoisotopic (exact) mass is 1250 g/mol. The topological polar surface area (TPSA) is 231 Å². The lowest BCUT2D eigenvalue weighted by Gasteiger charge is -2.25. The average Bonchev–Trinajstić information content (AvgIpc) is 2.32. The maximum atomic E-state index is 14.0. The minimum Gasteiger partial charge on any atom is -0.462 e. The molecule has 3 rings (SSSR count). The van der Waals surface area contributed by atoms with Gasteiger partial charge in [-0.1, -0.05) is 216 Å². The maximum Gasteiger partial charge on any atom is 0.407 e. The van der Waals surface area contributed by atoms with Crippen molar-refractivity contribution in [1.82, 2.24) is 21.3 Å². The predicted octanol–water partition coefficient (Wildman–Crippen LogP) is 14.2. The second-order valence-corrected chi connectivity index (χ2v) is 26.7. The molecule has 0 radical (unpaired) electrons. The second kappa shape index (κ2) is 44.7. The zero-order valence-corrected chi connectivity index (χ0v) is 55.9. The summed E-state index contributed by atoms with van der Waals surface area (Å²) in [6.07, 6.45) is 29.0. The van der Waals surface area contributed by atoms with Gasteiger partial charge in [0.05, 0.1) is 13.1 Å². The summed E-state index contributed by atoms with van der Waals surface area (Å²) in [6, 6.07) is 13.3. The summed E-state index contributed by atoms with van der Waals surface area (Å²) in [6.45, 7) is 13.2. The van der Waals surface area contributed by atoms with Crippen LogP contribution >= 0.6 is 11.8 Å². The van der Waals surface area contributed by atoms with E-state index in [1.54, 1.807) is 41.5 Å². The van der Waals surface area contributed by atoms with Crippen LogP contribution in [0.3, 0.4) is 0 Å². The summed E-state index contributed by atoms with van der Waals surface area (Å²) < 4.78 is 28.3. The molecule has 2 aromatic rings. The number of rotatable bonds is 48. The van der Waals surface area contributed by atoms with E-state index < -0.39 is 84.2 Å². The van der Waals surface area contributed by atoms with Gasteiger partial charge in [0, 0.05) is 36.7 Å². The molecule has 2 aromatic carbocycles. The van der Waals surface area contributed by atoms with Crippen molar-refractivity contribution in [3.8, 4) is 11.1 Å². The Morgan fingerprint density at radius 2 is 0.932 bits per heavy atom. The van der Waals surface area contributed by atoms with Crippen LogP contribution in [0.25, 0.3) is 11.1 Å². The fourth-order valence-electron chi connectivity index (χ4n) is 10.5. The number of thioether (sulfide) groups is 1. The zero-order valence-electron chi connectivity index (χ0n) is 55.1. The summed E-state index contributed by atoms with van der Waals surface area (Å²) in [7, 11) is 0. The van der Waals surface area contributed by atoms with Gasteiger partial charge in [-0.2, -0.15) is 11.8 Å². The highest BCUT2D eigenvalue weighted by atomic mass is 32.2. The smallest absolute Gasteiger partial charge is 0.407 e. The van der Waals surface area contributed by atoms with Gasteiger partial charge in [0.15, 0.2) is 0 Å². The van der Waals surface area contributed by atoms with Crippen molar-refractivity contribution in [2.45, 2.75) is 283 Å². The van der Waals surface area contributed by atoms with Crippen LogP contribution in [0.5, 0.6) is 0 Å². The Bertz CT molecular complexity index is 2320. The number of fused-ring (bicyclic) bond motifs is 3. The molecule has 0 saturated carbocycles. The quantitative estimate of drug-likeness (QED) is 0.0274. The number of carbonyl (C=O) groups excluding carboxylic acids is 8. The number of hydrogen-bond acceptors (Lipinski definition) is 14. The van der Waals surface area contributed by atoms with E-state index in [0.29, 0.717) is 12.8 Å². The van der Waals surface area contributed by atoms with Crippen LogP contribution in [0.15, 0.2) is 48.5 Å². The van der Waals surface area contributed by atoms with Gasteiger partial charge in [0.2, 0.25) is 17.7 Å². The van der Waals surface area contributed by atoms with Crippen LogP contribution in [-0.2, 0) is 57.2 Å². The van der Waals surface area contributed by atoms with Crippen molar-refractivity contribution in [3.05, 3.63) is 59.7 Å². The Balaban J connectivity index is 1.65. The highest BCUT2D eigenvalue weighted by molar-refractivity contribution is 7.99. The minimum absolute atomic E-state index is 0.0242. The van der Waals surface area contributed by atoms with E-state index in [1.807, 2.05) is 48.5 Å². The third kappa shape index (κ3) is 35.5. The van der Waals surface area contributed by atoms with Crippen molar-refractivity contribution in [2.24, 2.45) is 0 Å². The van der Waals surface area contributed by atoms with Crippen LogP contribution in [0, 0.1) is 0 Å². The lowest BCUT2D eigenvalue weighted by atomic mass is 9.98. The standard InChI is InChI=1S/C70H112N4O13S/c1-9-11-13-15-17-19-21-23-25-27-29-31-33-43-63(77)83-49-53(85-64(78)44-34-32-30-28-26-24-22-20-18-16-14-12-10-2)51-88-52-60(74-68(82)84-50-58-56-41-37-35-39-54(56)55-40-36-38-42-57(55)58)66(80)72-47-61(75)71-48-62(76)73-59(67(81)87-70(6,7)8)45-46-65(79)86-69(3,4)5/h35-42,53,58-60H,9-34,43-52H2,1-8H3,(H,71,75)(H,72,80)(H,73,76)(H,74,82)/t53-,59+,60+/m1/s1. The molecule has 18 heteroatoms. The number of alkyl carbamates (subject to hydrolysis) is 1. The molecule has 0 saturated heterocycles. The molecule has 1 aliphatic rings. The Morgan fingerprint density at radius 3 is 1.42 bits per heavy atom. The number of unbranched alkanes of at least 4 members (excludes halogenated alkanes) is 24. The molecule has 0 heterocycles. The molecule has 17 nitrogen and oxygen atoms in total. The van der Waals surface area contributed by atoms with E-state index in [2.05, 4.69) is 35.1 Å². The molecule has 0 fully saturated rings. The number of nitrogens with one attached hydrogen (secondary N) is 4. The van der Waals surface area contributed by atoms with E-state index in [4.69, 9.17) is 23.7 Å². The first-order chi connectivity index (χ1) is 42.2. The van der Waals surface area contributed by atoms with Crippen molar-refractivity contribution in [3.63, 3.8) is 0 Å². The van der Waals surface area contributed by atoms with E-state index in [9.17, 15) is 38.4 Å². The Labute approximate surface area is 532 Å². The van der Waals surface area contributed by atoms with Crippen molar-refractivity contribution in [1.29, 1.82) is 0 Å². The Hall–Kier alpha value is -5.65. The van der Waals surface area contributed by atoms with Gasteiger partial charge in [0.1, 0.15) is 42.6 Å². The first kappa shape index (κ1) is 76.6. The maximum absolute atomic E-state index is 14.0. The lowest BCUT2D eigenvalue weighted by Crippen LogP contribution is -2.51. The van der Waals surface area contributed by atoms with Crippen LogP contribution in [-0.4, -0.2) is 115 Å². The van der Waals surface area contributed by atoms with Crippen molar-refractivity contribution in [2.75, 3.05) is 37.8 Å². The van der Waals surface area contributed by atoms with Gasteiger partial charge in [0.25, 0.3) is 0 Å². The molecule has 0 aromatic heterocycles. The van der Waals surface area contributed by atoms with Gasteiger partial charge >= 0.3 is 30.0 Å². The molecule has 0 spiro atoms. The molecule has 0 bridgehead atoms. The largest absolute Gasteiger partial charge is 0.462 e. The third-order valence-corrected chi connectivity index (χ3v) is 16.4. The van der Waals surface area contributed by atoms with Crippen LogP contribution in [0.2, 0.25) is 0 Å². The highest BCUT2D eigenvalue weighted by Crippen LogP contribution is 2.44. The number of benzene rings is 2. The number of ether oxygens (including phenoxy) is 5. The number of amides is 4. The fraction of sp³-hybridized carbons (Fsp3) is 0.714. The van der Waals surface area contributed by atoms with Crippen molar-refractivity contribution < 1.29 is 62.0 Å². The van der Waals surface area contributed by atoms with E-state index in [1.165, 1.54) is 127 Å². The van der Waals surface area contributed by atoms with Crippen LogP contribution < -0.4 is 21.3 Å². The van der Waals surface area contributed by atoms with Gasteiger partial charge in [-0.15, -0.1) is 0 Å². The van der Waals surface area contributed by atoms with Gasteiger partial charge in [-0.05, 0) is 83.1 Å². The van der Waals surface area contributed by atoms with Gasteiger partial charge < -0.3 is 45.0 Å². The summed E-state index contributed by atoms with van der Waals surface area (Å²) >= 11 is 1.19. The fourth-order valence-corrected chi connectivity index (χ4v) is 11.6. The summed E-state index contributed by atoms with van der Waals surface area (Å²) in [5.41, 5.74) is 2.44. The minimum atomic E-state index is -1.27. The second-order valence-electron chi connectivity index (χ2n) is 25.6. The van der Waals surface area contributed by atoms with Gasteiger partial charge in [-0.25, -0.2) is 9.59 Å². The van der Waals surface area contributed by atoms with Crippen LogP contribution in [0.4, 0.5) is 4.79 Å². The normalized spacial score (nSPS) is 13.0. The zero-order chi connectivity index (χ0) is 64.4. The molecule has 88 heavy (non-hydrogen) atoms. The predicted molar refractivity (Wildman–Crippen MR) is 350 cm³/mol. The van der Waals surface area contributed by atoms with Crippen molar-refractivity contribution >= 4 is 59.5 Å². The van der Waals surface area contributed by atoms with E-state index in [-0.39, 0.29) is 62.3 Å². The molecule has 0 aliphatic heterocycles. The summed E-state index contributed by atoms with van der Waals surface area (Å²) in [5.74, 6) is -4.58. The Kier molecular flexibility index (Phi) is 38.9. The lowest BCUT2D eigenvalue weighted by molar-refractivity contribution is -0.160. The number of hydrogen-bond donors (Lipinski definition) is 4. The van der Waals surface area contributed by atoms with E-state index >= 15 is 0 Å². The molecule has 4 amide bonds. The highest BCUT2D eigenvalue weighted by Gasteiger charge is 2.32. The average molecular weight is 1250 g/mol. The molecule has 3 atom stereocenters. The van der Waals surface area contributed by atoms with Gasteiger partial charge in [-0.3, -0.25) is 28.8 Å². The molecule has 0 unspecified atom stereocenters. The summed E-state index contributed by atoms with van der Waals surface area (Å²) in [4.78, 5) is 106. The first-order valence-electron chi connectivity index (χ1n) is 33.5. The molecular weight excluding hydrogens is 1140 g/mol. The van der Waals surface area contributed by atoms with E-state index in [0.717, 1.165) is 60.8 Å². The molecule has 496 valence electrons.